The average molecular weight is 1020 g/mol. The Kier molecular flexibility index (Phi) is 14.2. The number of fused-ring (bicyclic) bond motifs is 2. The van der Waals surface area contributed by atoms with E-state index in [2.05, 4.69) is 63.7 Å². The molecule has 1 heterocycles. The van der Waals surface area contributed by atoms with Gasteiger partial charge in [0, 0.05) is 47.9 Å². The van der Waals surface area contributed by atoms with Crippen LogP contribution in [0.3, 0.4) is 0 Å². The van der Waals surface area contributed by atoms with Crippen LogP contribution in [0.15, 0.2) is 39.2 Å². The summed E-state index contributed by atoms with van der Waals surface area (Å²) in [5.41, 5.74) is -0.213. The van der Waals surface area contributed by atoms with Gasteiger partial charge in [-0.1, -0.05) is 46.4 Å². The molecule has 1 unspecified atom stereocenters. The van der Waals surface area contributed by atoms with Crippen LogP contribution in [0.1, 0.15) is 37.6 Å². The van der Waals surface area contributed by atoms with Gasteiger partial charge in [0.2, 0.25) is 5.43 Å². The van der Waals surface area contributed by atoms with Crippen LogP contribution in [0.25, 0.3) is 33.4 Å². The highest BCUT2D eigenvalue weighted by molar-refractivity contribution is 9.11. The Labute approximate surface area is 330 Å². The zero-order valence-corrected chi connectivity index (χ0v) is 35.6. The number of benzene rings is 3. The van der Waals surface area contributed by atoms with Crippen molar-refractivity contribution in [3.8, 4) is 28.2 Å². The van der Waals surface area contributed by atoms with Crippen LogP contribution in [-0.4, -0.2) is 57.5 Å². The average Bonchev–Trinajstić information content (AvgIpc) is 3.03. The van der Waals surface area contributed by atoms with E-state index in [1.807, 2.05) is 20.8 Å². The van der Waals surface area contributed by atoms with Gasteiger partial charge >= 0.3 is 14.8 Å². The van der Waals surface area contributed by atoms with Crippen LogP contribution in [-0.2, 0) is 13.3 Å². The molecule has 2 N–H and O–H groups in total. The third-order valence-corrected chi connectivity index (χ3v) is 14.5. The molecule has 0 radical (unpaired) electrons. The summed E-state index contributed by atoms with van der Waals surface area (Å²) < 4.78 is 30.9. The van der Waals surface area contributed by atoms with Gasteiger partial charge in [0.15, 0.2) is 17.1 Å². The SMILES string of the molecule is CCO[Si](CCC(O)COc1c(Br)cc2c(-c3c(Cl)c(Cl)c(Cl)c(Cl)c3C(=O)O)c3cc(Br)c(=O)c(Br)c-3oc2c1Br)(OCC)OCC. The van der Waals surface area contributed by atoms with E-state index >= 15 is 0 Å². The molecule has 0 amide bonds. The fourth-order valence-corrected chi connectivity index (χ4v) is 11.4. The summed E-state index contributed by atoms with van der Waals surface area (Å²) in [7, 11) is -2.99. The Bertz CT molecular complexity index is 1890. The summed E-state index contributed by atoms with van der Waals surface area (Å²) in [6.45, 7) is 6.66. The number of carboxylic acids is 1. The van der Waals surface area contributed by atoms with Gasteiger partial charge in [0.1, 0.15) is 15.6 Å². The van der Waals surface area contributed by atoms with E-state index in [1.165, 1.54) is 6.07 Å². The maximum absolute atomic E-state index is 13.0. The van der Waals surface area contributed by atoms with E-state index in [9.17, 15) is 19.8 Å². The molecule has 0 saturated heterocycles. The summed E-state index contributed by atoms with van der Waals surface area (Å²) >= 11 is 39.6. The number of carboxylic acid groups (broad SMARTS) is 1. The van der Waals surface area contributed by atoms with E-state index < -0.39 is 31.9 Å². The molecule has 2 aromatic carbocycles. The molecule has 48 heavy (non-hydrogen) atoms. The lowest BCUT2D eigenvalue weighted by Crippen LogP contribution is -2.46. The van der Waals surface area contributed by atoms with E-state index in [4.69, 9.17) is 68.8 Å². The first-order valence-corrected chi connectivity index (χ1v) is 20.8. The zero-order chi connectivity index (χ0) is 35.7. The molecule has 18 heteroatoms. The van der Waals surface area contributed by atoms with Crippen molar-refractivity contribution >= 4 is 136 Å². The normalized spacial score (nSPS) is 12.7. The van der Waals surface area contributed by atoms with Crippen molar-refractivity contribution in [3.63, 3.8) is 0 Å². The first kappa shape index (κ1) is 40.3. The lowest BCUT2D eigenvalue weighted by molar-refractivity contribution is 0.0588. The lowest BCUT2D eigenvalue weighted by atomic mass is 9.90. The Morgan fingerprint density at radius 2 is 1.46 bits per heavy atom. The summed E-state index contributed by atoms with van der Waals surface area (Å²) in [6.07, 6.45) is -0.654. The molecule has 0 bridgehead atoms. The maximum Gasteiger partial charge on any atom is 0.501 e. The van der Waals surface area contributed by atoms with Crippen LogP contribution in [0, 0.1) is 0 Å². The minimum atomic E-state index is -2.99. The highest BCUT2D eigenvalue weighted by Crippen LogP contribution is 2.54. The molecule has 0 fully saturated rings. The molecule has 4 rings (SSSR count). The molecule has 0 aromatic heterocycles. The van der Waals surface area contributed by atoms with Crippen molar-refractivity contribution in [1.29, 1.82) is 0 Å². The smallest absolute Gasteiger partial charge is 0.488 e. The predicted molar refractivity (Wildman–Crippen MR) is 204 cm³/mol. The largest absolute Gasteiger partial charge is 0.501 e. The van der Waals surface area contributed by atoms with Crippen molar-refractivity contribution < 1.29 is 37.4 Å². The molecule has 2 aromatic rings. The zero-order valence-electron chi connectivity index (χ0n) is 25.3. The van der Waals surface area contributed by atoms with Gasteiger partial charge < -0.3 is 32.6 Å². The highest BCUT2D eigenvalue weighted by Gasteiger charge is 2.40. The Morgan fingerprint density at radius 3 is 2.02 bits per heavy atom. The van der Waals surface area contributed by atoms with Gasteiger partial charge in [-0.3, -0.25) is 4.79 Å². The number of carbonyl (C=O) groups is 1. The van der Waals surface area contributed by atoms with Crippen LogP contribution in [0.5, 0.6) is 5.75 Å². The number of aromatic carboxylic acids is 1. The van der Waals surface area contributed by atoms with Gasteiger partial charge in [-0.15, -0.1) is 0 Å². The Balaban J connectivity index is 1.90. The van der Waals surface area contributed by atoms with Crippen LogP contribution in [0.2, 0.25) is 26.1 Å². The van der Waals surface area contributed by atoms with Crippen LogP contribution in [0.4, 0.5) is 0 Å². The number of aliphatic hydroxyl groups is 1. The summed E-state index contributed by atoms with van der Waals surface area (Å²) in [4.78, 5) is 25.6. The number of ether oxygens (including phenoxy) is 1. The van der Waals surface area contributed by atoms with Crippen molar-refractivity contribution in [2.24, 2.45) is 0 Å². The fraction of sp³-hybridized carbons (Fsp3) is 0.333. The minimum Gasteiger partial charge on any atom is -0.488 e. The second-order valence-electron chi connectivity index (χ2n) is 10.0. The second kappa shape index (κ2) is 16.9. The molecule has 260 valence electrons. The van der Waals surface area contributed by atoms with Gasteiger partial charge in [0.25, 0.3) is 0 Å². The third kappa shape index (κ3) is 7.96. The van der Waals surface area contributed by atoms with Gasteiger partial charge in [-0.05, 0) is 103 Å². The molecule has 1 atom stereocenters. The van der Waals surface area contributed by atoms with Crippen molar-refractivity contribution in [2.45, 2.75) is 39.3 Å². The molecule has 2 aliphatic rings. The summed E-state index contributed by atoms with van der Waals surface area (Å²) in [5, 5.41) is 20.6. The highest BCUT2D eigenvalue weighted by atomic mass is 79.9. The number of hydrogen-bond donors (Lipinski definition) is 2. The van der Waals surface area contributed by atoms with Gasteiger partial charge in [-0.2, -0.15) is 0 Å². The second-order valence-corrected chi connectivity index (χ2v) is 17.6. The Morgan fingerprint density at radius 1 is 0.875 bits per heavy atom. The predicted octanol–water partition coefficient (Wildman–Crippen LogP) is 11.1. The molecular formula is C30H26Br4Cl4O9Si. The molecule has 0 spiro atoms. The van der Waals surface area contributed by atoms with E-state index in [0.29, 0.717) is 41.3 Å². The summed E-state index contributed by atoms with van der Waals surface area (Å²) in [5.74, 6) is -1.10. The summed E-state index contributed by atoms with van der Waals surface area (Å²) in [6, 6.07) is 3.48. The van der Waals surface area contributed by atoms with Crippen molar-refractivity contribution in [3.05, 3.63) is 65.9 Å². The lowest BCUT2D eigenvalue weighted by Gasteiger charge is -2.29. The van der Waals surface area contributed by atoms with E-state index in [1.54, 1.807) is 6.07 Å². The standard InChI is InChI=1S/C30H26Br4Cl4O9Si/c1-4-44-48(45-5-2,46-6-3)8-7-12(39)11-43-29-16(32)10-14-17(18-19(30(41)42)23(36)25(38)24(37)22(18)35)13-9-15(31)26(40)20(33)27(13)47-28(14)21(29)34/h9-10,12,39H,4-8,11H2,1-3H3,(H,41,42). The molecule has 9 nitrogen and oxygen atoms in total. The number of aliphatic hydroxyl groups excluding tert-OH is 1. The topological polar surface area (TPSA) is 125 Å². The third-order valence-electron chi connectivity index (χ3n) is 7.03. The molecule has 0 saturated carbocycles. The monoisotopic (exact) mass is 1010 g/mol. The first-order valence-electron chi connectivity index (χ1n) is 14.2. The van der Waals surface area contributed by atoms with Crippen molar-refractivity contribution in [2.75, 3.05) is 26.4 Å². The minimum absolute atomic E-state index is 0.0485. The fourth-order valence-electron chi connectivity index (χ4n) is 5.06. The number of halogens is 8. The molecule has 1 aliphatic heterocycles. The quantitative estimate of drug-likeness (QED) is 0.0550. The van der Waals surface area contributed by atoms with Crippen molar-refractivity contribution in [1.82, 2.24) is 0 Å². The van der Waals surface area contributed by atoms with Crippen LogP contribution >= 0.6 is 110 Å². The van der Waals surface area contributed by atoms with E-state index in [-0.39, 0.29) is 74.8 Å². The Hall–Kier alpha value is -0.463. The van der Waals surface area contributed by atoms with E-state index in [0.717, 1.165) is 0 Å². The number of hydrogen-bond acceptors (Lipinski definition) is 8. The number of rotatable bonds is 14. The first-order chi connectivity index (χ1) is 22.6. The molecular weight excluding hydrogens is 994 g/mol. The van der Waals surface area contributed by atoms with Gasteiger partial charge in [0.05, 0.1) is 40.7 Å². The van der Waals surface area contributed by atoms with Gasteiger partial charge in [-0.25, -0.2) is 4.79 Å². The van der Waals surface area contributed by atoms with Crippen LogP contribution < -0.4 is 10.2 Å². The molecule has 1 aliphatic carbocycles. The maximum atomic E-state index is 13.0.